The number of halogens is 1. The lowest BCUT2D eigenvalue weighted by molar-refractivity contribution is 1.22. The van der Waals surface area contributed by atoms with Gasteiger partial charge in [0.1, 0.15) is 0 Å². The molecule has 0 spiro atoms. The van der Waals surface area contributed by atoms with Gasteiger partial charge >= 0.3 is 0 Å². The van der Waals surface area contributed by atoms with Crippen molar-refractivity contribution in [1.82, 2.24) is 0 Å². The fourth-order valence-corrected chi connectivity index (χ4v) is 1.51. The molecule has 2 bridgehead atoms. The van der Waals surface area contributed by atoms with E-state index < -0.39 is 0 Å². The van der Waals surface area contributed by atoms with Gasteiger partial charge in [0.25, 0.3) is 0 Å². The highest BCUT2D eigenvalue weighted by molar-refractivity contribution is 9.12. The van der Waals surface area contributed by atoms with E-state index >= 15 is 0 Å². The predicted molar refractivity (Wildman–Crippen MR) is 56.1 cm³/mol. The molecule has 0 nitrogen and oxygen atoms in total. The third kappa shape index (κ3) is 1.51. The number of hydrogen-bond donors (Lipinski definition) is 0. The zero-order valence-corrected chi connectivity index (χ0v) is 7.98. The Balaban J connectivity index is 2.65. The van der Waals surface area contributed by atoms with Gasteiger partial charge in [0.15, 0.2) is 0 Å². The van der Waals surface area contributed by atoms with Crippen LogP contribution in [0.2, 0.25) is 0 Å². The van der Waals surface area contributed by atoms with Gasteiger partial charge in [0, 0.05) is 4.48 Å². The molecule has 0 aromatic heterocycles. The smallest absolute Gasteiger partial charge is 0.0620 e. The van der Waals surface area contributed by atoms with Gasteiger partial charge in [-0.05, 0) is 23.6 Å². The summed E-state index contributed by atoms with van der Waals surface area (Å²) in [6.07, 6.45) is 7.10. The average Bonchev–Trinajstić information content (AvgIpc) is 2.44. The molecule has 0 aromatic carbocycles. The number of hydrogen-bond acceptors (Lipinski definition) is 0. The maximum atomic E-state index is 7.80. The summed E-state index contributed by atoms with van der Waals surface area (Å²) in [6.45, 7) is 0. The molecule has 0 aromatic rings. The Morgan fingerprint density at radius 1 is 1.25 bits per heavy atom. The molecule has 0 aliphatic heterocycles. The quantitative estimate of drug-likeness (QED) is 0.589. The molecule has 0 radical (unpaired) electrons. The summed E-state index contributed by atoms with van der Waals surface area (Å²) in [7, 11) is 0. The normalized spacial score (nSPS) is 26.6. The molecule has 0 amide bonds. The first-order chi connectivity index (χ1) is 7.09. The van der Waals surface area contributed by atoms with Crippen molar-refractivity contribution in [2.75, 3.05) is 0 Å². The van der Waals surface area contributed by atoms with Crippen LogP contribution < -0.4 is 0 Å². The van der Waals surface area contributed by atoms with E-state index in [1.165, 1.54) is 0 Å². The second kappa shape index (κ2) is 3.28. The van der Waals surface area contributed by atoms with Crippen LogP contribution in [-0.4, -0.2) is 0 Å². The molecule has 0 saturated heterocycles. The molecule has 2 aliphatic carbocycles. The molecule has 0 unspecified atom stereocenters. The number of allylic oxidation sites excluding steroid dienone is 10. The SMILES string of the molecule is [2H]C1=CC=C(Br)C2=C([2H])C=CC([2H])=C1C2. The summed E-state index contributed by atoms with van der Waals surface area (Å²) in [5.74, 6) is 0. The highest BCUT2D eigenvalue weighted by Crippen LogP contribution is 2.28. The van der Waals surface area contributed by atoms with Gasteiger partial charge in [-0.15, -0.1) is 0 Å². The van der Waals surface area contributed by atoms with E-state index in [1.54, 1.807) is 24.3 Å². The Kier molecular flexibility index (Phi) is 1.37. The van der Waals surface area contributed by atoms with Gasteiger partial charge in [-0.1, -0.05) is 52.3 Å². The highest BCUT2D eigenvalue weighted by Gasteiger charge is 2.06. The molecule has 0 heterocycles. The van der Waals surface area contributed by atoms with E-state index in [1.807, 2.05) is 0 Å². The van der Waals surface area contributed by atoms with E-state index in [9.17, 15) is 0 Å². The van der Waals surface area contributed by atoms with Crippen molar-refractivity contribution < 1.29 is 4.11 Å². The molecule has 2 rings (SSSR count). The minimum atomic E-state index is 0.326. The van der Waals surface area contributed by atoms with E-state index in [4.69, 9.17) is 4.11 Å². The Morgan fingerprint density at radius 2 is 2.08 bits per heavy atom. The van der Waals surface area contributed by atoms with Gasteiger partial charge in [0.2, 0.25) is 0 Å². The minimum Gasteiger partial charge on any atom is -0.0620 e. The zero-order chi connectivity index (χ0) is 11.0. The molecule has 0 N–H and O–H groups in total. The zero-order valence-electron chi connectivity index (χ0n) is 9.39. The van der Waals surface area contributed by atoms with Crippen molar-refractivity contribution in [2.45, 2.75) is 6.42 Å². The van der Waals surface area contributed by atoms with Gasteiger partial charge in [-0.2, -0.15) is 0 Å². The van der Waals surface area contributed by atoms with Crippen LogP contribution in [0.5, 0.6) is 0 Å². The molecule has 12 heavy (non-hydrogen) atoms. The third-order valence-corrected chi connectivity index (χ3v) is 2.47. The van der Waals surface area contributed by atoms with E-state index in [-0.39, 0.29) is 0 Å². The third-order valence-electron chi connectivity index (χ3n) is 1.73. The maximum absolute atomic E-state index is 7.80. The Hall–Kier alpha value is -0.820. The van der Waals surface area contributed by atoms with Crippen molar-refractivity contribution in [2.24, 2.45) is 0 Å². The van der Waals surface area contributed by atoms with Crippen LogP contribution >= 0.6 is 15.9 Å². The summed E-state index contributed by atoms with van der Waals surface area (Å²) in [6, 6.07) is 1.08. The van der Waals surface area contributed by atoms with Gasteiger partial charge < -0.3 is 0 Å². The minimum absolute atomic E-state index is 0.326. The number of rotatable bonds is 0. The van der Waals surface area contributed by atoms with Crippen LogP contribution in [0, 0.1) is 0 Å². The highest BCUT2D eigenvalue weighted by atomic mass is 79.9. The fourth-order valence-electron chi connectivity index (χ4n) is 1.13. The first-order valence-corrected chi connectivity index (χ1v) is 4.51. The lowest BCUT2D eigenvalue weighted by Gasteiger charge is -2.01. The average molecular weight is 224 g/mol. The molecule has 0 fully saturated rings. The Morgan fingerprint density at radius 3 is 3.00 bits per heavy atom. The first-order valence-electron chi connectivity index (χ1n) is 5.22. The maximum Gasteiger partial charge on any atom is 0.0626 e. The second-order valence-corrected chi connectivity index (χ2v) is 3.44. The lowest BCUT2D eigenvalue weighted by Crippen LogP contribution is -1.82. The Bertz CT molecular complexity index is 422. The molecular weight excluding hydrogens is 212 g/mol. The monoisotopic (exact) mass is 223 g/mol. The molecular formula is C11H9Br. The van der Waals surface area contributed by atoms with Gasteiger partial charge in [-0.3, -0.25) is 0 Å². The topological polar surface area (TPSA) is 0 Å². The molecule has 2 aliphatic rings. The van der Waals surface area contributed by atoms with Crippen LogP contribution in [-0.2, 0) is 0 Å². The van der Waals surface area contributed by atoms with Crippen molar-refractivity contribution in [3.63, 3.8) is 0 Å². The summed E-state index contributed by atoms with van der Waals surface area (Å²) < 4.78 is 24.2. The van der Waals surface area contributed by atoms with Crippen LogP contribution in [0.1, 0.15) is 10.5 Å². The Labute approximate surface area is 85.0 Å². The summed E-state index contributed by atoms with van der Waals surface area (Å²) in [4.78, 5) is 0. The predicted octanol–water partition coefficient (Wildman–Crippen LogP) is 3.65. The van der Waals surface area contributed by atoms with Gasteiger partial charge in [0.05, 0.1) is 4.11 Å². The lowest BCUT2D eigenvalue weighted by atomic mass is 10.1. The van der Waals surface area contributed by atoms with E-state index in [0.717, 1.165) is 10.1 Å². The first kappa shape index (κ1) is 5.03. The largest absolute Gasteiger partial charge is 0.0626 e. The molecule has 1 heteroatoms. The summed E-state index contributed by atoms with van der Waals surface area (Å²) in [5.41, 5.74) is 1.51. The second-order valence-electron chi connectivity index (χ2n) is 2.58. The van der Waals surface area contributed by atoms with Crippen LogP contribution in [0.4, 0.5) is 0 Å². The van der Waals surface area contributed by atoms with Crippen LogP contribution in [0.15, 0.2) is 58.1 Å². The van der Waals surface area contributed by atoms with Gasteiger partial charge in [-0.25, -0.2) is 0 Å². The molecule has 0 atom stereocenters. The van der Waals surface area contributed by atoms with E-state index in [2.05, 4.69) is 15.9 Å². The van der Waals surface area contributed by atoms with Crippen LogP contribution in [0.3, 0.4) is 0 Å². The summed E-state index contributed by atoms with van der Waals surface area (Å²) in [5, 5.41) is 0. The fraction of sp³-hybridized carbons (Fsp3) is 0.0909. The standard InChI is InChI=1S/C11H9Br/c12-11-7-3-5-9-4-1-2-6-10(11)8-9/h1-7H,8H2/i4D,5D,6D. The molecule has 60 valence electrons. The molecule has 0 saturated carbocycles. The summed E-state index contributed by atoms with van der Waals surface area (Å²) >= 11 is 3.39. The van der Waals surface area contributed by atoms with Crippen LogP contribution in [0.25, 0.3) is 0 Å². The van der Waals surface area contributed by atoms with Crippen molar-refractivity contribution in [3.05, 3.63) is 58.1 Å². The van der Waals surface area contributed by atoms with Crippen molar-refractivity contribution in [1.29, 1.82) is 0 Å². The van der Waals surface area contributed by atoms with E-state index in [0.29, 0.717) is 30.2 Å². The van der Waals surface area contributed by atoms with Crippen molar-refractivity contribution in [3.8, 4) is 0 Å². The number of fused-ring (bicyclic) bond motifs is 2. The van der Waals surface area contributed by atoms with Crippen molar-refractivity contribution >= 4 is 15.9 Å².